The summed E-state index contributed by atoms with van der Waals surface area (Å²) in [5.74, 6) is -0.442. The van der Waals surface area contributed by atoms with Crippen molar-refractivity contribution in [3.8, 4) is 0 Å². The summed E-state index contributed by atoms with van der Waals surface area (Å²) >= 11 is 0. The van der Waals surface area contributed by atoms with E-state index < -0.39 is 5.76 Å². The Morgan fingerprint density at radius 3 is 3.12 bits per heavy atom. The van der Waals surface area contributed by atoms with Crippen LogP contribution < -0.4 is 11.5 Å². The van der Waals surface area contributed by atoms with Crippen molar-refractivity contribution in [2.24, 2.45) is 5.73 Å². The lowest BCUT2D eigenvalue weighted by atomic mass is 10.00. The number of fused-ring (bicyclic) bond motifs is 1. The number of nitrogens with one attached hydrogen (secondary N) is 1. The van der Waals surface area contributed by atoms with Gasteiger partial charge in [0.25, 0.3) is 0 Å². The summed E-state index contributed by atoms with van der Waals surface area (Å²) in [6, 6.07) is 5.35. The highest BCUT2D eigenvalue weighted by Crippen LogP contribution is 2.26. The van der Waals surface area contributed by atoms with Crippen molar-refractivity contribution >= 4 is 11.1 Å². The van der Waals surface area contributed by atoms with Gasteiger partial charge in [-0.2, -0.15) is 0 Å². The fraction of sp³-hybridized carbons (Fsp3) is 0.417. The summed E-state index contributed by atoms with van der Waals surface area (Å²) in [5.41, 5.74) is 8.32. The van der Waals surface area contributed by atoms with E-state index >= 15 is 0 Å². The van der Waals surface area contributed by atoms with Crippen molar-refractivity contribution in [1.29, 1.82) is 0 Å². The smallest absolute Gasteiger partial charge is 0.408 e. The molecule has 17 heavy (non-hydrogen) atoms. The molecular weight excluding hydrogens is 220 g/mol. The van der Waals surface area contributed by atoms with Crippen molar-refractivity contribution in [2.45, 2.75) is 25.0 Å². The van der Waals surface area contributed by atoms with Gasteiger partial charge in [-0.15, -0.1) is 0 Å². The first-order valence-corrected chi connectivity index (χ1v) is 5.74. The number of hydrogen-bond acceptors (Lipinski definition) is 4. The molecule has 3 N–H and O–H groups in total. The van der Waals surface area contributed by atoms with Gasteiger partial charge in [-0.1, -0.05) is 6.07 Å². The van der Waals surface area contributed by atoms with Crippen molar-refractivity contribution in [1.82, 2.24) is 4.98 Å². The lowest BCUT2D eigenvalue weighted by molar-refractivity contribution is 0.0900. The quantitative estimate of drug-likeness (QED) is 0.820. The number of rotatable bonds is 2. The van der Waals surface area contributed by atoms with Gasteiger partial charge in [0.15, 0.2) is 5.58 Å². The molecule has 3 rings (SSSR count). The van der Waals surface area contributed by atoms with E-state index in [1.807, 2.05) is 12.1 Å². The van der Waals surface area contributed by atoms with Gasteiger partial charge in [0.1, 0.15) is 0 Å². The number of H-pyrrole nitrogens is 1. The maximum atomic E-state index is 11.0. The number of ether oxygens (including phenoxy) is 1. The van der Waals surface area contributed by atoms with E-state index in [1.54, 1.807) is 6.07 Å². The third-order valence-electron chi connectivity index (χ3n) is 3.20. The molecule has 0 saturated carbocycles. The second-order valence-corrected chi connectivity index (χ2v) is 4.35. The molecule has 5 nitrogen and oxygen atoms in total. The second-order valence-electron chi connectivity index (χ2n) is 4.35. The Hall–Kier alpha value is -1.59. The van der Waals surface area contributed by atoms with E-state index in [-0.39, 0.29) is 12.1 Å². The number of hydrogen-bond donors (Lipinski definition) is 2. The number of benzene rings is 1. The average molecular weight is 234 g/mol. The second kappa shape index (κ2) is 4.01. The Morgan fingerprint density at radius 2 is 2.35 bits per heavy atom. The Balaban J connectivity index is 1.96. The Labute approximate surface area is 97.6 Å². The predicted octanol–water partition coefficient (Wildman–Crippen LogP) is 1.30. The normalized spacial score (nSPS) is 22.1. The van der Waals surface area contributed by atoms with Crippen LogP contribution in [-0.4, -0.2) is 17.7 Å². The fourth-order valence-electron chi connectivity index (χ4n) is 2.27. The number of aromatic amines is 1. The number of nitrogens with two attached hydrogens (primary N) is 1. The Morgan fingerprint density at radius 1 is 1.47 bits per heavy atom. The van der Waals surface area contributed by atoms with Crippen LogP contribution in [-0.2, 0) is 4.74 Å². The molecule has 0 radical (unpaired) electrons. The highest BCUT2D eigenvalue weighted by molar-refractivity contribution is 5.72. The van der Waals surface area contributed by atoms with E-state index in [9.17, 15) is 4.79 Å². The van der Waals surface area contributed by atoms with Gasteiger partial charge in [0, 0.05) is 6.61 Å². The maximum absolute atomic E-state index is 11.0. The SMILES string of the molecule is NC(c1ccc2[nH]c(=O)oc2c1)C1CCCO1. The maximum Gasteiger partial charge on any atom is 0.417 e. The summed E-state index contributed by atoms with van der Waals surface area (Å²) in [5, 5.41) is 0. The standard InChI is InChI=1S/C12H14N2O3/c13-11(9-2-1-5-16-9)7-3-4-8-10(6-7)17-12(15)14-8/h3-4,6,9,11H,1-2,5,13H2,(H,14,15). The molecule has 0 spiro atoms. The Kier molecular flexibility index (Phi) is 2.49. The minimum Gasteiger partial charge on any atom is -0.408 e. The highest BCUT2D eigenvalue weighted by Gasteiger charge is 2.24. The zero-order chi connectivity index (χ0) is 11.8. The van der Waals surface area contributed by atoms with Gasteiger partial charge in [-0.05, 0) is 30.5 Å². The average Bonchev–Trinajstić information content (AvgIpc) is 2.94. The van der Waals surface area contributed by atoms with Gasteiger partial charge in [-0.25, -0.2) is 4.79 Å². The third-order valence-corrected chi connectivity index (χ3v) is 3.20. The lowest BCUT2D eigenvalue weighted by Gasteiger charge is -2.18. The first-order valence-electron chi connectivity index (χ1n) is 5.74. The topological polar surface area (TPSA) is 81.3 Å². The molecule has 1 aromatic carbocycles. The molecule has 2 atom stereocenters. The summed E-state index contributed by atoms with van der Waals surface area (Å²) in [7, 11) is 0. The number of oxazole rings is 1. The molecule has 2 heterocycles. The zero-order valence-electron chi connectivity index (χ0n) is 9.31. The predicted molar refractivity (Wildman–Crippen MR) is 62.7 cm³/mol. The van der Waals surface area contributed by atoms with Crippen molar-refractivity contribution in [3.05, 3.63) is 34.3 Å². The summed E-state index contributed by atoms with van der Waals surface area (Å²) < 4.78 is 10.6. The molecule has 1 aliphatic heterocycles. The van der Waals surface area contributed by atoms with E-state index in [2.05, 4.69) is 4.98 Å². The molecule has 5 heteroatoms. The molecule has 90 valence electrons. The van der Waals surface area contributed by atoms with Crippen LogP contribution in [0.25, 0.3) is 11.1 Å². The van der Waals surface area contributed by atoms with Gasteiger partial charge < -0.3 is 14.9 Å². The summed E-state index contributed by atoms with van der Waals surface area (Å²) in [4.78, 5) is 13.6. The van der Waals surface area contributed by atoms with Gasteiger partial charge in [0.2, 0.25) is 0 Å². The molecule has 2 aromatic rings. The van der Waals surface area contributed by atoms with Crippen LogP contribution in [0.4, 0.5) is 0 Å². The van der Waals surface area contributed by atoms with Gasteiger partial charge in [-0.3, -0.25) is 4.98 Å². The monoisotopic (exact) mass is 234 g/mol. The molecule has 1 fully saturated rings. The van der Waals surface area contributed by atoms with Crippen molar-refractivity contribution in [3.63, 3.8) is 0 Å². The summed E-state index contributed by atoms with van der Waals surface area (Å²) in [6.45, 7) is 0.778. The van der Waals surface area contributed by atoms with Crippen LogP contribution in [0.1, 0.15) is 24.4 Å². The first-order chi connectivity index (χ1) is 8.24. The van der Waals surface area contributed by atoms with Gasteiger partial charge in [0.05, 0.1) is 17.7 Å². The zero-order valence-corrected chi connectivity index (χ0v) is 9.31. The van der Waals surface area contributed by atoms with E-state index in [0.29, 0.717) is 11.1 Å². The lowest BCUT2D eigenvalue weighted by Crippen LogP contribution is -2.25. The number of aromatic nitrogens is 1. The van der Waals surface area contributed by atoms with Crippen LogP contribution in [0.5, 0.6) is 0 Å². The molecule has 0 bridgehead atoms. The van der Waals surface area contributed by atoms with Gasteiger partial charge >= 0.3 is 5.76 Å². The Bertz CT molecular complexity index is 581. The van der Waals surface area contributed by atoms with Crippen LogP contribution in [0, 0.1) is 0 Å². The minimum atomic E-state index is -0.442. The third kappa shape index (κ3) is 1.87. The van der Waals surface area contributed by atoms with E-state index in [1.165, 1.54) is 0 Å². The molecule has 0 aliphatic carbocycles. The molecule has 1 saturated heterocycles. The molecule has 1 aliphatic rings. The van der Waals surface area contributed by atoms with Crippen molar-refractivity contribution in [2.75, 3.05) is 6.61 Å². The van der Waals surface area contributed by atoms with Crippen LogP contribution >= 0.6 is 0 Å². The molecule has 0 amide bonds. The molecule has 1 aromatic heterocycles. The van der Waals surface area contributed by atoms with Crippen LogP contribution in [0.3, 0.4) is 0 Å². The largest absolute Gasteiger partial charge is 0.417 e. The minimum absolute atomic E-state index is 0.0677. The molecular formula is C12H14N2O3. The van der Waals surface area contributed by atoms with Crippen molar-refractivity contribution < 1.29 is 9.15 Å². The highest BCUT2D eigenvalue weighted by atomic mass is 16.5. The van der Waals surface area contributed by atoms with E-state index in [0.717, 1.165) is 25.0 Å². The first kappa shape index (κ1) is 10.6. The van der Waals surface area contributed by atoms with E-state index in [4.69, 9.17) is 14.9 Å². The van der Waals surface area contributed by atoms with Crippen LogP contribution in [0.2, 0.25) is 0 Å². The summed E-state index contributed by atoms with van der Waals surface area (Å²) in [6.07, 6.45) is 2.11. The molecule has 2 unspecified atom stereocenters. The fourth-order valence-corrected chi connectivity index (χ4v) is 2.27. The van der Waals surface area contributed by atoms with Crippen LogP contribution in [0.15, 0.2) is 27.4 Å².